The molecule has 4 nitrogen and oxygen atoms in total. The molecule has 0 bridgehead atoms. The van der Waals surface area contributed by atoms with Gasteiger partial charge in [-0.2, -0.15) is 0 Å². The summed E-state index contributed by atoms with van der Waals surface area (Å²) in [4.78, 5) is 24.9. The second kappa shape index (κ2) is 6.92. The van der Waals surface area contributed by atoms with Gasteiger partial charge in [-0.15, -0.1) is 0 Å². The van der Waals surface area contributed by atoms with Gasteiger partial charge in [0.05, 0.1) is 0 Å². The van der Waals surface area contributed by atoms with Crippen LogP contribution in [0.5, 0.6) is 0 Å². The Hall–Kier alpha value is -1.06. The SMILES string of the molecule is O=C(O)CC1CCC(=O)N(CC2CCCCC2)CC1. The van der Waals surface area contributed by atoms with E-state index >= 15 is 0 Å². The molecule has 1 atom stereocenters. The molecule has 1 amide bonds. The van der Waals surface area contributed by atoms with Crippen molar-refractivity contribution in [2.24, 2.45) is 11.8 Å². The lowest BCUT2D eigenvalue weighted by Crippen LogP contribution is -2.35. The van der Waals surface area contributed by atoms with Crippen LogP contribution >= 0.6 is 0 Å². The summed E-state index contributed by atoms with van der Waals surface area (Å²) in [6.07, 6.45) is 8.78. The quantitative estimate of drug-likeness (QED) is 0.852. The van der Waals surface area contributed by atoms with Crippen molar-refractivity contribution in [3.05, 3.63) is 0 Å². The molecule has 108 valence electrons. The van der Waals surface area contributed by atoms with Gasteiger partial charge in [-0.25, -0.2) is 0 Å². The van der Waals surface area contributed by atoms with E-state index in [1.54, 1.807) is 0 Å². The van der Waals surface area contributed by atoms with Crippen molar-refractivity contribution in [3.63, 3.8) is 0 Å². The van der Waals surface area contributed by atoms with E-state index in [-0.39, 0.29) is 18.2 Å². The first-order chi connectivity index (χ1) is 9.15. The Kier molecular flexibility index (Phi) is 5.23. The standard InChI is InChI=1S/C15H25NO3/c17-14-7-6-12(10-15(18)19)8-9-16(14)11-13-4-2-1-3-5-13/h12-13H,1-11H2,(H,18,19). The topological polar surface area (TPSA) is 57.6 Å². The number of hydrogen-bond acceptors (Lipinski definition) is 2. The van der Waals surface area contributed by atoms with Crippen LogP contribution in [-0.4, -0.2) is 35.0 Å². The second-order valence-electron chi connectivity index (χ2n) is 6.14. The molecule has 0 aromatic carbocycles. The van der Waals surface area contributed by atoms with Crippen molar-refractivity contribution in [2.45, 2.75) is 57.8 Å². The highest BCUT2D eigenvalue weighted by atomic mass is 16.4. The summed E-state index contributed by atoms with van der Waals surface area (Å²) >= 11 is 0. The zero-order valence-corrected chi connectivity index (χ0v) is 11.6. The summed E-state index contributed by atoms with van der Waals surface area (Å²) < 4.78 is 0. The molecular weight excluding hydrogens is 242 g/mol. The molecule has 1 heterocycles. The lowest BCUT2D eigenvalue weighted by molar-refractivity contribution is -0.138. The van der Waals surface area contributed by atoms with Gasteiger partial charge >= 0.3 is 5.97 Å². The number of carboxylic acid groups (broad SMARTS) is 1. The van der Waals surface area contributed by atoms with Gasteiger partial charge in [-0.05, 0) is 37.5 Å². The van der Waals surface area contributed by atoms with Crippen LogP contribution in [0.2, 0.25) is 0 Å². The highest BCUT2D eigenvalue weighted by Crippen LogP contribution is 2.27. The Morgan fingerprint density at radius 2 is 1.84 bits per heavy atom. The van der Waals surface area contributed by atoms with E-state index in [4.69, 9.17) is 5.11 Å². The third kappa shape index (κ3) is 4.51. The monoisotopic (exact) mass is 267 g/mol. The van der Waals surface area contributed by atoms with Crippen molar-refractivity contribution in [3.8, 4) is 0 Å². The smallest absolute Gasteiger partial charge is 0.303 e. The number of carbonyl (C=O) groups excluding carboxylic acids is 1. The first-order valence-corrected chi connectivity index (χ1v) is 7.64. The first-order valence-electron chi connectivity index (χ1n) is 7.64. The molecule has 1 aliphatic heterocycles. The van der Waals surface area contributed by atoms with E-state index in [1.165, 1.54) is 32.1 Å². The lowest BCUT2D eigenvalue weighted by atomic mass is 9.89. The number of aliphatic carboxylic acids is 1. The molecular formula is C15H25NO3. The van der Waals surface area contributed by atoms with Crippen LogP contribution in [0, 0.1) is 11.8 Å². The third-order valence-corrected chi connectivity index (χ3v) is 4.59. The van der Waals surface area contributed by atoms with E-state index in [9.17, 15) is 9.59 Å². The zero-order valence-electron chi connectivity index (χ0n) is 11.6. The van der Waals surface area contributed by atoms with Gasteiger partial charge in [0.2, 0.25) is 5.91 Å². The lowest BCUT2D eigenvalue weighted by Gasteiger charge is -2.29. The molecule has 4 heteroatoms. The van der Waals surface area contributed by atoms with Gasteiger partial charge < -0.3 is 10.0 Å². The van der Waals surface area contributed by atoms with Crippen molar-refractivity contribution in [1.29, 1.82) is 0 Å². The Bertz CT molecular complexity index is 323. The summed E-state index contributed by atoms with van der Waals surface area (Å²) in [5.41, 5.74) is 0. The maximum Gasteiger partial charge on any atom is 0.303 e. The highest BCUT2D eigenvalue weighted by Gasteiger charge is 2.26. The fraction of sp³-hybridized carbons (Fsp3) is 0.867. The number of carboxylic acids is 1. The maximum absolute atomic E-state index is 12.1. The number of hydrogen-bond donors (Lipinski definition) is 1. The van der Waals surface area contributed by atoms with Crippen molar-refractivity contribution >= 4 is 11.9 Å². The number of rotatable bonds is 4. The molecule has 1 unspecified atom stereocenters. The minimum Gasteiger partial charge on any atom is -0.481 e. The van der Waals surface area contributed by atoms with E-state index in [1.807, 2.05) is 4.90 Å². The van der Waals surface area contributed by atoms with Gasteiger partial charge in [0.15, 0.2) is 0 Å². The number of carbonyl (C=O) groups is 2. The summed E-state index contributed by atoms with van der Waals surface area (Å²) in [6, 6.07) is 0. The molecule has 0 aromatic heterocycles. The molecule has 19 heavy (non-hydrogen) atoms. The highest BCUT2D eigenvalue weighted by molar-refractivity contribution is 5.76. The van der Waals surface area contributed by atoms with Crippen LogP contribution in [-0.2, 0) is 9.59 Å². The molecule has 1 saturated heterocycles. The van der Waals surface area contributed by atoms with Crippen molar-refractivity contribution in [2.75, 3.05) is 13.1 Å². The average Bonchev–Trinajstić information content (AvgIpc) is 2.55. The normalized spacial score (nSPS) is 26.2. The largest absolute Gasteiger partial charge is 0.481 e. The summed E-state index contributed by atoms with van der Waals surface area (Å²) in [5.74, 6) is 0.350. The van der Waals surface area contributed by atoms with Gasteiger partial charge in [0, 0.05) is 25.9 Å². The average molecular weight is 267 g/mol. The minimum absolute atomic E-state index is 0.179. The summed E-state index contributed by atoms with van der Waals surface area (Å²) in [5, 5.41) is 8.85. The van der Waals surface area contributed by atoms with E-state index in [0.717, 1.165) is 25.9 Å². The molecule has 2 aliphatic rings. The predicted molar refractivity (Wildman–Crippen MR) is 72.7 cm³/mol. The van der Waals surface area contributed by atoms with Gasteiger partial charge in [0.1, 0.15) is 0 Å². The number of nitrogens with zero attached hydrogens (tertiary/aromatic N) is 1. The van der Waals surface area contributed by atoms with E-state index in [0.29, 0.717) is 12.3 Å². The van der Waals surface area contributed by atoms with Crippen LogP contribution in [0.15, 0.2) is 0 Å². The van der Waals surface area contributed by atoms with Crippen LogP contribution < -0.4 is 0 Å². The Morgan fingerprint density at radius 3 is 2.53 bits per heavy atom. The number of amides is 1. The van der Waals surface area contributed by atoms with Crippen molar-refractivity contribution < 1.29 is 14.7 Å². The van der Waals surface area contributed by atoms with Crippen LogP contribution in [0.3, 0.4) is 0 Å². The molecule has 1 saturated carbocycles. The summed E-state index contributed by atoms with van der Waals surface area (Å²) in [6.45, 7) is 1.66. The maximum atomic E-state index is 12.1. The zero-order chi connectivity index (χ0) is 13.7. The Balaban J connectivity index is 1.83. The van der Waals surface area contributed by atoms with Gasteiger partial charge in [-0.3, -0.25) is 9.59 Å². The van der Waals surface area contributed by atoms with Gasteiger partial charge in [-0.1, -0.05) is 19.3 Å². The molecule has 2 rings (SSSR count). The molecule has 2 fully saturated rings. The number of likely N-dealkylation sites (tertiary alicyclic amines) is 1. The van der Waals surface area contributed by atoms with E-state index < -0.39 is 5.97 Å². The fourth-order valence-corrected chi connectivity index (χ4v) is 3.42. The first kappa shape index (κ1) is 14.4. The fourth-order valence-electron chi connectivity index (χ4n) is 3.42. The second-order valence-corrected chi connectivity index (χ2v) is 6.14. The van der Waals surface area contributed by atoms with Crippen LogP contribution in [0.25, 0.3) is 0 Å². The van der Waals surface area contributed by atoms with E-state index in [2.05, 4.69) is 0 Å². The molecule has 0 aromatic rings. The van der Waals surface area contributed by atoms with Gasteiger partial charge in [0.25, 0.3) is 0 Å². The molecule has 1 aliphatic carbocycles. The predicted octanol–water partition coefficient (Wildman–Crippen LogP) is 2.67. The minimum atomic E-state index is -0.738. The molecule has 0 radical (unpaired) electrons. The molecule has 1 N–H and O–H groups in total. The Morgan fingerprint density at radius 1 is 1.11 bits per heavy atom. The summed E-state index contributed by atoms with van der Waals surface area (Å²) in [7, 11) is 0. The van der Waals surface area contributed by atoms with Crippen LogP contribution in [0.4, 0.5) is 0 Å². The van der Waals surface area contributed by atoms with Crippen LogP contribution in [0.1, 0.15) is 57.8 Å². The Labute approximate surface area is 115 Å². The van der Waals surface area contributed by atoms with Crippen molar-refractivity contribution in [1.82, 2.24) is 4.90 Å². The molecule has 0 spiro atoms. The third-order valence-electron chi connectivity index (χ3n) is 4.59.